The highest BCUT2D eigenvalue weighted by Gasteiger charge is 2.46. The Hall–Kier alpha value is -4.39. The molecule has 4 aromatic rings. The quantitative estimate of drug-likeness (QED) is 0.391. The molecule has 2 N–H and O–H groups in total. The smallest absolute Gasteiger partial charge is 0.493 e. The maximum atomic E-state index is 13.2. The van der Waals surface area contributed by atoms with E-state index in [1.165, 1.54) is 30.0 Å². The molecule has 0 aliphatic carbocycles. The third-order valence-electron chi connectivity index (χ3n) is 5.59. The molecular weight excluding hydrogens is 513 g/mol. The molecule has 0 unspecified atom stereocenters. The number of nitrogens with zero attached hydrogens (tertiary/aromatic N) is 3. The number of carbonyl (C=O) groups is 1. The number of halogens is 3. The maximum absolute atomic E-state index is 13.2. The Balaban J connectivity index is 1.68. The van der Waals surface area contributed by atoms with Gasteiger partial charge in [0.15, 0.2) is 0 Å². The third kappa shape index (κ3) is 4.85. The molecule has 0 aliphatic rings. The van der Waals surface area contributed by atoms with Gasteiger partial charge in [0.2, 0.25) is 5.88 Å². The number of alkyl halides is 3. The predicted octanol–water partition coefficient (Wildman–Crippen LogP) is 3.64. The molecule has 2 aromatic carbocycles. The van der Waals surface area contributed by atoms with Crippen LogP contribution in [0.1, 0.15) is 21.6 Å². The van der Waals surface area contributed by atoms with Crippen LogP contribution in [-0.4, -0.2) is 39.1 Å². The number of sulfone groups is 1. The third-order valence-corrected chi connectivity index (χ3v) is 7.09. The second-order valence-corrected chi connectivity index (χ2v) is 9.85. The average molecular weight is 533 g/mol. The minimum Gasteiger partial charge on any atom is -0.493 e. The van der Waals surface area contributed by atoms with Crippen LogP contribution in [0.4, 0.5) is 18.9 Å². The molecule has 192 valence electrons. The fourth-order valence-electron chi connectivity index (χ4n) is 3.62. The van der Waals surface area contributed by atoms with Crippen molar-refractivity contribution in [1.29, 1.82) is 0 Å². The minimum atomic E-state index is -5.57. The first-order valence-corrected chi connectivity index (χ1v) is 12.1. The first kappa shape index (κ1) is 25.7. The van der Waals surface area contributed by atoms with Gasteiger partial charge in [-0.05, 0) is 55.0 Å². The van der Waals surface area contributed by atoms with E-state index in [-0.39, 0.29) is 23.5 Å². The Labute approximate surface area is 208 Å². The summed E-state index contributed by atoms with van der Waals surface area (Å²) in [6.45, 7) is 1.31. The van der Waals surface area contributed by atoms with Gasteiger partial charge in [-0.3, -0.25) is 14.3 Å². The summed E-state index contributed by atoms with van der Waals surface area (Å²) < 4.78 is 63.7. The van der Waals surface area contributed by atoms with Gasteiger partial charge in [0.05, 0.1) is 28.4 Å². The number of rotatable bonds is 6. The number of anilines is 1. The van der Waals surface area contributed by atoms with Crippen LogP contribution in [0, 0.1) is 6.92 Å². The van der Waals surface area contributed by atoms with E-state index in [1.54, 1.807) is 30.3 Å². The number of pyridine rings is 1. The summed E-state index contributed by atoms with van der Waals surface area (Å²) in [4.78, 5) is 29.0. The number of aromatic nitrogens is 3. The molecule has 0 bridgehead atoms. The van der Waals surface area contributed by atoms with Gasteiger partial charge in [-0.2, -0.15) is 13.2 Å². The van der Waals surface area contributed by atoms with Gasteiger partial charge < -0.3 is 10.4 Å². The number of imidazole rings is 1. The molecule has 0 aliphatic heterocycles. The number of nitrogens with one attached hydrogen (secondary N) is 1. The van der Waals surface area contributed by atoms with Crippen molar-refractivity contribution in [2.24, 2.45) is 0 Å². The Kier molecular flexibility index (Phi) is 6.65. The van der Waals surface area contributed by atoms with Crippen LogP contribution in [0.25, 0.3) is 5.69 Å². The monoisotopic (exact) mass is 532 g/mol. The number of benzene rings is 2. The number of para-hydroxylation sites is 1. The van der Waals surface area contributed by atoms with Crippen molar-refractivity contribution in [3.8, 4) is 11.6 Å². The standard InChI is InChI=1S/C24H19F3N4O5S/c1-15-22(33)31(18-7-9-19(10-8-18)37(35,36)24(25,26)27)23(34)30(15)14-16-11-12-28-13-20(16)21(32)29-17-5-3-2-4-6-17/h2-13,33H,14H2,1H3,(H,29,32). The fourth-order valence-corrected chi connectivity index (χ4v) is 4.38. The Morgan fingerprint density at radius 3 is 2.32 bits per heavy atom. The molecule has 2 heterocycles. The maximum Gasteiger partial charge on any atom is 0.501 e. The second-order valence-electron chi connectivity index (χ2n) is 7.91. The molecule has 0 atom stereocenters. The molecule has 0 spiro atoms. The van der Waals surface area contributed by atoms with Gasteiger partial charge >= 0.3 is 11.2 Å². The average Bonchev–Trinajstić information content (AvgIpc) is 3.07. The summed E-state index contributed by atoms with van der Waals surface area (Å²) >= 11 is 0. The van der Waals surface area contributed by atoms with Crippen LogP contribution in [-0.2, 0) is 16.4 Å². The molecule has 13 heteroatoms. The van der Waals surface area contributed by atoms with Crippen molar-refractivity contribution < 1.29 is 31.5 Å². The van der Waals surface area contributed by atoms with E-state index >= 15 is 0 Å². The summed E-state index contributed by atoms with van der Waals surface area (Å²) in [5.74, 6) is -0.967. The molecule has 2 aromatic heterocycles. The zero-order valence-electron chi connectivity index (χ0n) is 19.1. The molecule has 0 saturated carbocycles. The first-order valence-electron chi connectivity index (χ1n) is 10.6. The lowest BCUT2D eigenvalue weighted by Gasteiger charge is -2.11. The highest BCUT2D eigenvalue weighted by Crippen LogP contribution is 2.31. The Bertz CT molecular complexity index is 1630. The van der Waals surface area contributed by atoms with E-state index in [9.17, 15) is 36.3 Å². The Morgan fingerprint density at radius 2 is 1.70 bits per heavy atom. The number of aromatic hydroxyl groups is 1. The summed E-state index contributed by atoms with van der Waals surface area (Å²) in [6, 6.07) is 13.6. The topological polar surface area (TPSA) is 123 Å². The first-order chi connectivity index (χ1) is 17.4. The number of carbonyl (C=O) groups excluding carboxylic acids is 1. The van der Waals surface area contributed by atoms with Crippen LogP contribution in [0.15, 0.2) is 82.7 Å². The number of amides is 1. The number of hydrogen-bond donors (Lipinski definition) is 2. The lowest BCUT2D eigenvalue weighted by molar-refractivity contribution is -0.0436. The fraction of sp³-hybridized carbons (Fsp3) is 0.125. The van der Waals surface area contributed by atoms with Crippen LogP contribution >= 0.6 is 0 Å². The van der Waals surface area contributed by atoms with E-state index in [2.05, 4.69) is 10.3 Å². The second kappa shape index (κ2) is 9.58. The molecule has 0 fully saturated rings. The van der Waals surface area contributed by atoms with E-state index < -0.39 is 37.7 Å². The minimum absolute atomic E-state index is 0.0535. The van der Waals surface area contributed by atoms with E-state index in [4.69, 9.17) is 0 Å². The molecule has 37 heavy (non-hydrogen) atoms. The zero-order chi connectivity index (χ0) is 27.0. The molecule has 9 nitrogen and oxygen atoms in total. The van der Waals surface area contributed by atoms with Crippen molar-refractivity contribution >= 4 is 21.4 Å². The Morgan fingerprint density at radius 1 is 1.05 bits per heavy atom. The molecule has 1 amide bonds. The van der Waals surface area contributed by atoms with Crippen molar-refractivity contribution in [1.82, 2.24) is 14.1 Å². The highest BCUT2D eigenvalue weighted by atomic mass is 32.2. The van der Waals surface area contributed by atoms with Crippen molar-refractivity contribution in [2.75, 3.05) is 5.32 Å². The summed E-state index contributed by atoms with van der Waals surface area (Å²) in [5, 5.41) is 13.3. The van der Waals surface area contributed by atoms with Crippen LogP contribution < -0.4 is 11.0 Å². The predicted molar refractivity (Wildman–Crippen MR) is 127 cm³/mol. The van der Waals surface area contributed by atoms with Crippen molar-refractivity contribution in [3.63, 3.8) is 0 Å². The molecule has 0 saturated heterocycles. The van der Waals surface area contributed by atoms with Crippen LogP contribution in [0.5, 0.6) is 5.88 Å². The SMILES string of the molecule is Cc1c(O)n(-c2ccc(S(=O)(=O)C(F)(F)F)cc2)c(=O)n1Cc1ccncc1C(=O)Nc1ccccc1. The lowest BCUT2D eigenvalue weighted by atomic mass is 10.1. The zero-order valence-corrected chi connectivity index (χ0v) is 19.9. The normalized spacial score (nSPS) is 11.9. The lowest BCUT2D eigenvalue weighted by Crippen LogP contribution is -2.26. The highest BCUT2D eigenvalue weighted by molar-refractivity contribution is 7.92. The van der Waals surface area contributed by atoms with Gasteiger partial charge in [0.25, 0.3) is 15.7 Å². The van der Waals surface area contributed by atoms with Gasteiger partial charge in [-0.1, -0.05) is 18.2 Å². The van der Waals surface area contributed by atoms with E-state index in [0.717, 1.165) is 16.7 Å². The van der Waals surface area contributed by atoms with Crippen molar-refractivity contribution in [2.45, 2.75) is 23.9 Å². The molecular formula is C24H19F3N4O5S. The summed E-state index contributed by atoms with van der Waals surface area (Å²) in [5.41, 5.74) is -5.03. The van der Waals surface area contributed by atoms with E-state index in [0.29, 0.717) is 23.4 Å². The van der Waals surface area contributed by atoms with Crippen LogP contribution in [0.3, 0.4) is 0 Å². The summed E-state index contributed by atoms with van der Waals surface area (Å²) in [7, 11) is -5.57. The van der Waals surface area contributed by atoms with Gasteiger partial charge in [-0.25, -0.2) is 17.8 Å². The molecule has 0 radical (unpaired) electrons. The van der Waals surface area contributed by atoms with Gasteiger partial charge in [-0.15, -0.1) is 0 Å². The van der Waals surface area contributed by atoms with Gasteiger partial charge in [0, 0.05) is 18.1 Å². The summed E-state index contributed by atoms with van der Waals surface area (Å²) in [6.07, 6.45) is 2.77. The largest absolute Gasteiger partial charge is 0.501 e. The molecule has 4 rings (SSSR count). The van der Waals surface area contributed by atoms with Crippen LogP contribution in [0.2, 0.25) is 0 Å². The van der Waals surface area contributed by atoms with Crippen molar-refractivity contribution in [3.05, 3.63) is 100 Å². The van der Waals surface area contributed by atoms with Gasteiger partial charge in [0.1, 0.15) is 0 Å². The number of hydrogen-bond acceptors (Lipinski definition) is 6. The van der Waals surface area contributed by atoms with E-state index in [1.807, 2.05) is 0 Å².